The second-order valence-electron chi connectivity index (χ2n) is 13.9. The van der Waals surface area contributed by atoms with E-state index < -0.39 is 42.1 Å². The highest BCUT2D eigenvalue weighted by Gasteiger charge is 2.70. The van der Waals surface area contributed by atoms with Gasteiger partial charge in [0.05, 0.1) is 6.61 Å². The van der Waals surface area contributed by atoms with Crippen molar-refractivity contribution in [3.05, 3.63) is 12.2 Å². The van der Waals surface area contributed by atoms with Gasteiger partial charge in [0.1, 0.15) is 12.2 Å². The van der Waals surface area contributed by atoms with E-state index in [4.69, 9.17) is 28.4 Å². The highest BCUT2D eigenvalue weighted by Crippen LogP contribution is 2.63. The van der Waals surface area contributed by atoms with E-state index in [0.717, 1.165) is 30.6 Å². The lowest BCUT2D eigenvalue weighted by molar-refractivity contribution is -0.330. The van der Waals surface area contributed by atoms with E-state index >= 15 is 0 Å². The quantitative estimate of drug-likeness (QED) is 0.398. The minimum absolute atomic E-state index is 0.323. The summed E-state index contributed by atoms with van der Waals surface area (Å²) in [6.07, 6.45) is 9.71. The Balaban J connectivity index is 1.05. The Labute approximate surface area is 219 Å². The fraction of sp³-hybridized carbons (Fsp3) is 0.900. The number of hydrogen-bond acceptors (Lipinski definition) is 7. The SMILES string of the molecule is C=C(C)C(=O)O[C@H]1[C@@H](C2COC3(O2)C(C)CC2CCCC3C2)OC2OC3(O[C@@H]21)C1CC2CC(C1)CC3C2. The number of carbonyl (C=O) groups excluding carboxylic acids is 1. The van der Waals surface area contributed by atoms with Crippen molar-refractivity contribution in [2.45, 2.75) is 120 Å². The van der Waals surface area contributed by atoms with Gasteiger partial charge in [0, 0.05) is 29.2 Å². The average molecular weight is 515 g/mol. The standard InChI is InChI=1S/C30H42O7/c1-15(2)27(31)33-25-24(23-14-32-29(35-23)16(3)7-17-5-4-6-20(29)9-17)34-28-26(25)36-30(37-28)21-10-18-8-19(12-21)13-22(30)11-18/h16-26,28H,1,4-14H2,2-3H3/t16?,17?,18?,19?,20?,21?,22?,23?,24-,25+,26-,28?,29?,30?/m1/s1. The molecule has 6 aliphatic carbocycles. The summed E-state index contributed by atoms with van der Waals surface area (Å²) in [5.74, 6) is 2.41. The summed E-state index contributed by atoms with van der Waals surface area (Å²) in [5, 5.41) is 0. The van der Waals surface area contributed by atoms with Crippen LogP contribution in [0.2, 0.25) is 0 Å². The molecule has 0 radical (unpaired) electrons. The van der Waals surface area contributed by atoms with E-state index in [9.17, 15) is 4.79 Å². The molecule has 7 nitrogen and oxygen atoms in total. The van der Waals surface area contributed by atoms with Crippen molar-refractivity contribution in [2.24, 2.45) is 41.4 Å². The minimum Gasteiger partial charge on any atom is -0.453 e. The normalized spacial score (nSPS) is 57.2. The first-order valence-electron chi connectivity index (χ1n) is 15.0. The summed E-state index contributed by atoms with van der Waals surface area (Å²) in [4.78, 5) is 12.8. The third kappa shape index (κ3) is 3.39. The molecule has 0 aromatic rings. The van der Waals surface area contributed by atoms with Gasteiger partial charge in [0.2, 0.25) is 0 Å². The zero-order valence-corrected chi connectivity index (χ0v) is 22.3. The van der Waals surface area contributed by atoms with Crippen LogP contribution in [0.3, 0.4) is 0 Å². The average Bonchev–Trinajstić information content (AvgIpc) is 3.55. The van der Waals surface area contributed by atoms with E-state index in [-0.39, 0.29) is 6.10 Å². The van der Waals surface area contributed by atoms with E-state index in [1.54, 1.807) is 6.92 Å². The fourth-order valence-electron chi connectivity index (χ4n) is 10.3. The summed E-state index contributed by atoms with van der Waals surface area (Å²) in [7, 11) is 0. The van der Waals surface area contributed by atoms with E-state index in [0.29, 0.717) is 35.9 Å². The van der Waals surface area contributed by atoms with Crippen LogP contribution >= 0.6 is 0 Å². The highest BCUT2D eigenvalue weighted by molar-refractivity contribution is 5.87. The zero-order valence-electron chi connectivity index (χ0n) is 22.3. The van der Waals surface area contributed by atoms with Crippen LogP contribution in [-0.2, 0) is 33.2 Å². The number of esters is 1. The molecule has 0 N–H and O–H groups in total. The maximum absolute atomic E-state index is 12.8. The first kappa shape index (κ1) is 23.9. The van der Waals surface area contributed by atoms with Gasteiger partial charge < -0.3 is 28.4 Å². The summed E-state index contributed by atoms with van der Waals surface area (Å²) in [6, 6.07) is 0. The molecular formula is C30H42O7. The van der Waals surface area contributed by atoms with Crippen molar-refractivity contribution < 1.29 is 33.2 Å². The van der Waals surface area contributed by atoms with Gasteiger partial charge in [0.25, 0.3) is 0 Å². The lowest BCUT2D eigenvalue weighted by Crippen LogP contribution is -2.59. The number of fused-ring (bicyclic) bond motifs is 4. The lowest BCUT2D eigenvalue weighted by atomic mass is 9.53. The van der Waals surface area contributed by atoms with Crippen LogP contribution in [0.15, 0.2) is 12.2 Å². The van der Waals surface area contributed by atoms with Gasteiger partial charge in [0.15, 0.2) is 30.1 Å². The van der Waals surface area contributed by atoms with Gasteiger partial charge in [-0.1, -0.05) is 26.3 Å². The molecule has 37 heavy (non-hydrogen) atoms. The Kier molecular flexibility index (Phi) is 5.33. The Morgan fingerprint density at radius 3 is 2.30 bits per heavy atom. The second kappa shape index (κ2) is 8.26. The number of carbonyl (C=O) groups is 1. The molecule has 9 rings (SSSR count). The Hall–Kier alpha value is -0.990. The molecule has 6 saturated carbocycles. The number of ether oxygens (including phenoxy) is 6. The highest BCUT2D eigenvalue weighted by atomic mass is 16.9. The first-order valence-corrected chi connectivity index (χ1v) is 15.0. The van der Waals surface area contributed by atoms with Crippen LogP contribution in [0.4, 0.5) is 0 Å². The van der Waals surface area contributed by atoms with Crippen molar-refractivity contribution in [1.82, 2.24) is 0 Å². The molecule has 0 aromatic heterocycles. The molecule has 2 spiro atoms. The Bertz CT molecular complexity index is 949. The first-order chi connectivity index (χ1) is 17.8. The predicted molar refractivity (Wildman–Crippen MR) is 132 cm³/mol. The van der Waals surface area contributed by atoms with Gasteiger partial charge in [-0.3, -0.25) is 0 Å². The van der Waals surface area contributed by atoms with E-state index in [2.05, 4.69) is 13.5 Å². The molecule has 0 amide bonds. The topological polar surface area (TPSA) is 72.5 Å². The van der Waals surface area contributed by atoms with Crippen LogP contribution in [0.1, 0.15) is 78.1 Å². The van der Waals surface area contributed by atoms with Gasteiger partial charge in [-0.2, -0.15) is 0 Å². The summed E-state index contributed by atoms with van der Waals surface area (Å²) < 4.78 is 39.8. The largest absolute Gasteiger partial charge is 0.453 e. The smallest absolute Gasteiger partial charge is 0.333 e. The van der Waals surface area contributed by atoms with Gasteiger partial charge in [-0.25, -0.2) is 4.79 Å². The molecule has 9 fully saturated rings. The molecule has 9 atom stereocenters. The summed E-state index contributed by atoms with van der Waals surface area (Å²) >= 11 is 0. The van der Waals surface area contributed by atoms with Gasteiger partial charge in [-0.15, -0.1) is 0 Å². The molecule has 204 valence electrons. The maximum Gasteiger partial charge on any atom is 0.333 e. The molecule has 6 bridgehead atoms. The van der Waals surface area contributed by atoms with E-state index in [1.807, 2.05) is 0 Å². The van der Waals surface area contributed by atoms with Crippen molar-refractivity contribution in [2.75, 3.05) is 6.61 Å². The lowest BCUT2D eigenvalue weighted by Gasteiger charge is -2.58. The Morgan fingerprint density at radius 1 is 0.838 bits per heavy atom. The minimum atomic E-state index is -0.604. The molecule has 3 saturated heterocycles. The van der Waals surface area contributed by atoms with Gasteiger partial charge >= 0.3 is 5.97 Å². The third-order valence-corrected chi connectivity index (χ3v) is 11.6. The molecular weight excluding hydrogens is 472 g/mol. The van der Waals surface area contributed by atoms with E-state index in [1.165, 1.54) is 51.4 Å². The molecule has 3 aliphatic heterocycles. The van der Waals surface area contributed by atoms with Crippen LogP contribution in [0, 0.1) is 41.4 Å². The molecule has 3 heterocycles. The Morgan fingerprint density at radius 2 is 1.57 bits per heavy atom. The predicted octanol–water partition coefficient (Wildman–Crippen LogP) is 4.72. The van der Waals surface area contributed by atoms with Crippen LogP contribution in [0.5, 0.6) is 0 Å². The van der Waals surface area contributed by atoms with Crippen molar-refractivity contribution >= 4 is 5.97 Å². The van der Waals surface area contributed by atoms with Crippen molar-refractivity contribution in [3.63, 3.8) is 0 Å². The maximum atomic E-state index is 12.8. The zero-order chi connectivity index (χ0) is 25.1. The molecule has 7 heteroatoms. The van der Waals surface area contributed by atoms with Crippen LogP contribution in [-0.4, -0.2) is 54.9 Å². The fourth-order valence-corrected chi connectivity index (χ4v) is 10.3. The molecule has 6 unspecified atom stereocenters. The van der Waals surface area contributed by atoms with Crippen molar-refractivity contribution in [3.8, 4) is 0 Å². The van der Waals surface area contributed by atoms with Crippen molar-refractivity contribution in [1.29, 1.82) is 0 Å². The molecule has 9 aliphatic rings. The number of hydrogen-bond donors (Lipinski definition) is 0. The van der Waals surface area contributed by atoms with Crippen LogP contribution in [0.25, 0.3) is 0 Å². The number of rotatable bonds is 3. The molecule has 0 aromatic carbocycles. The van der Waals surface area contributed by atoms with Gasteiger partial charge in [-0.05, 0) is 76.0 Å². The third-order valence-electron chi connectivity index (χ3n) is 11.6. The second-order valence-corrected chi connectivity index (χ2v) is 13.9. The summed E-state index contributed by atoms with van der Waals surface area (Å²) in [6.45, 7) is 8.22. The summed E-state index contributed by atoms with van der Waals surface area (Å²) in [5.41, 5.74) is 0.375. The van der Waals surface area contributed by atoms with Crippen LogP contribution < -0.4 is 0 Å². The monoisotopic (exact) mass is 514 g/mol.